The van der Waals surface area contributed by atoms with Gasteiger partial charge in [-0.15, -0.1) is 0 Å². The van der Waals surface area contributed by atoms with Crippen LogP contribution in [0, 0.1) is 0 Å². The standard InChI is InChI=1S/C5H5N2OS.Sn.H/c1-6-4(8)5-7-2-3-9-5;;/h2H,1H3,(H,6,8);;. The van der Waals surface area contributed by atoms with Crippen molar-refractivity contribution < 1.29 is 4.79 Å². The van der Waals surface area contributed by atoms with Crippen LogP contribution < -0.4 is 8.21 Å². The van der Waals surface area contributed by atoms with Crippen molar-refractivity contribution in [1.29, 1.82) is 0 Å². The van der Waals surface area contributed by atoms with Crippen molar-refractivity contribution in [3.8, 4) is 0 Å². The fraction of sp³-hybridized carbons (Fsp3) is 0.200. The van der Waals surface area contributed by atoms with Crippen LogP contribution in [0.25, 0.3) is 0 Å². The quantitative estimate of drug-likeness (QED) is 0.661. The zero-order chi connectivity index (χ0) is 7.56. The molecule has 0 spiro atoms. The molecule has 0 aliphatic carbocycles. The molecular weight excluding hydrogens is 255 g/mol. The van der Waals surface area contributed by atoms with Gasteiger partial charge >= 0.3 is 76.0 Å². The van der Waals surface area contributed by atoms with E-state index in [0.29, 0.717) is 5.01 Å². The molecule has 0 saturated heterocycles. The maximum atomic E-state index is 10.9. The summed E-state index contributed by atoms with van der Waals surface area (Å²) < 4.78 is 1.18. The Balaban J connectivity index is 2.85. The van der Waals surface area contributed by atoms with Gasteiger partial charge in [0.05, 0.1) is 0 Å². The Bertz CT molecular complexity index is 248. The van der Waals surface area contributed by atoms with Gasteiger partial charge in [-0.3, -0.25) is 0 Å². The molecule has 0 fully saturated rings. The number of nitrogens with one attached hydrogen (secondary N) is 1. The number of aromatic nitrogens is 1. The zero-order valence-electron chi connectivity index (χ0n) is 5.42. The summed E-state index contributed by atoms with van der Waals surface area (Å²) >= 11 is 2.48. The molecule has 52 valence electrons. The molecule has 1 aromatic heterocycles. The fourth-order valence-corrected chi connectivity index (χ4v) is 2.30. The van der Waals surface area contributed by atoms with E-state index in [2.05, 4.69) is 10.3 Å². The molecule has 1 amide bonds. The van der Waals surface area contributed by atoms with Crippen LogP contribution in [0.3, 0.4) is 0 Å². The van der Waals surface area contributed by atoms with Crippen molar-refractivity contribution in [2.24, 2.45) is 0 Å². The maximum absolute atomic E-state index is 10.9. The van der Waals surface area contributed by atoms with Crippen LogP contribution in [0.5, 0.6) is 0 Å². The second-order valence-corrected chi connectivity index (χ2v) is 5.68. The van der Waals surface area contributed by atoms with Gasteiger partial charge in [0.15, 0.2) is 0 Å². The number of thiazole rings is 1. The number of hydrogen-bond donors (Lipinski definition) is 1. The van der Waals surface area contributed by atoms with Gasteiger partial charge in [-0.05, 0) is 0 Å². The first kappa shape index (κ1) is 8.00. The van der Waals surface area contributed by atoms with Gasteiger partial charge in [-0.1, -0.05) is 0 Å². The number of carbonyl (C=O) groups excluding carboxylic acids is 1. The molecule has 0 bridgehead atoms. The monoisotopic (exact) mass is 262 g/mol. The van der Waals surface area contributed by atoms with Crippen LogP contribution in [0.15, 0.2) is 6.20 Å². The number of amides is 1. The third-order valence-electron chi connectivity index (χ3n) is 0.945. The zero-order valence-corrected chi connectivity index (χ0v) is 9.53. The summed E-state index contributed by atoms with van der Waals surface area (Å²) in [5, 5.41) is 3.08. The van der Waals surface area contributed by atoms with E-state index in [1.165, 1.54) is 14.2 Å². The molecule has 0 atom stereocenters. The van der Waals surface area contributed by atoms with Crippen molar-refractivity contribution in [2.45, 2.75) is 0 Å². The van der Waals surface area contributed by atoms with E-state index < -0.39 is 0 Å². The van der Waals surface area contributed by atoms with Gasteiger partial charge < -0.3 is 0 Å². The molecule has 5 heteroatoms. The Morgan fingerprint density at radius 1 is 1.90 bits per heavy atom. The molecular formula is C5H6N2OSSn. The molecule has 1 N–H and O–H groups in total. The molecule has 0 aliphatic heterocycles. The van der Waals surface area contributed by atoms with Gasteiger partial charge in [-0.2, -0.15) is 0 Å². The predicted octanol–water partition coefficient (Wildman–Crippen LogP) is -0.971. The second kappa shape index (κ2) is 3.34. The van der Waals surface area contributed by atoms with Gasteiger partial charge in [0, 0.05) is 0 Å². The van der Waals surface area contributed by atoms with Gasteiger partial charge in [0.25, 0.3) is 0 Å². The Kier molecular flexibility index (Phi) is 2.67. The van der Waals surface area contributed by atoms with E-state index in [9.17, 15) is 4.79 Å². The van der Waals surface area contributed by atoms with Gasteiger partial charge in [0.1, 0.15) is 0 Å². The minimum atomic E-state index is -0.0921. The molecule has 1 heterocycles. The summed E-state index contributed by atoms with van der Waals surface area (Å²) in [4.78, 5) is 14.8. The Morgan fingerprint density at radius 3 is 3.00 bits per heavy atom. The van der Waals surface area contributed by atoms with Crippen molar-refractivity contribution in [1.82, 2.24) is 10.3 Å². The summed E-state index contributed by atoms with van der Waals surface area (Å²) in [6, 6.07) is 0. The van der Waals surface area contributed by atoms with Crippen LogP contribution in [0.2, 0.25) is 0 Å². The number of rotatable bonds is 1. The second-order valence-electron chi connectivity index (χ2n) is 1.65. The van der Waals surface area contributed by atoms with E-state index in [1.807, 2.05) is 0 Å². The fourth-order valence-electron chi connectivity index (χ4n) is 0.498. The molecule has 3 nitrogen and oxygen atoms in total. The Labute approximate surface area is 75.9 Å². The molecule has 0 saturated carbocycles. The van der Waals surface area contributed by atoms with Crippen LogP contribution in [-0.2, 0) is 0 Å². The SMILES string of the molecule is CNC(=O)c1nc[c]([SnH])s1. The van der Waals surface area contributed by atoms with Gasteiger partial charge in [-0.25, -0.2) is 0 Å². The number of nitrogens with zero attached hydrogens (tertiary/aromatic N) is 1. The number of hydrogen-bond acceptors (Lipinski definition) is 3. The molecule has 1 aromatic rings. The summed E-state index contributed by atoms with van der Waals surface area (Å²) in [6.07, 6.45) is 1.75. The molecule has 0 aliphatic rings. The number of carbonyl (C=O) groups is 1. The molecule has 2 radical (unpaired) electrons. The van der Waals surface area contributed by atoms with E-state index in [1.54, 1.807) is 13.2 Å². The molecule has 0 aromatic carbocycles. The first-order valence-electron chi connectivity index (χ1n) is 2.67. The topological polar surface area (TPSA) is 42.0 Å². The van der Waals surface area contributed by atoms with Crippen LogP contribution in [0.1, 0.15) is 9.80 Å². The average molecular weight is 261 g/mol. The van der Waals surface area contributed by atoms with Crippen molar-refractivity contribution >= 4 is 42.7 Å². The van der Waals surface area contributed by atoms with Crippen LogP contribution >= 0.6 is 11.3 Å². The summed E-state index contributed by atoms with van der Waals surface area (Å²) in [7, 11) is 1.61. The molecule has 10 heavy (non-hydrogen) atoms. The van der Waals surface area contributed by atoms with Gasteiger partial charge in [0.2, 0.25) is 0 Å². The van der Waals surface area contributed by atoms with E-state index in [-0.39, 0.29) is 5.91 Å². The summed E-state index contributed by atoms with van der Waals surface area (Å²) in [5.41, 5.74) is 0. The van der Waals surface area contributed by atoms with E-state index >= 15 is 0 Å². The summed E-state index contributed by atoms with van der Waals surface area (Å²) in [6.45, 7) is 0. The Hall–Kier alpha value is -0.101. The normalized spacial score (nSPS) is 9.40. The Morgan fingerprint density at radius 2 is 2.60 bits per heavy atom. The van der Waals surface area contributed by atoms with Crippen molar-refractivity contribution in [3.05, 3.63) is 11.2 Å². The van der Waals surface area contributed by atoms with Crippen LogP contribution in [0.4, 0.5) is 0 Å². The van der Waals surface area contributed by atoms with Crippen LogP contribution in [-0.4, -0.2) is 40.5 Å². The van der Waals surface area contributed by atoms with E-state index in [4.69, 9.17) is 0 Å². The van der Waals surface area contributed by atoms with E-state index in [0.717, 1.165) is 22.5 Å². The third-order valence-corrected chi connectivity index (χ3v) is 3.20. The molecule has 1 rings (SSSR count). The summed E-state index contributed by atoms with van der Waals surface area (Å²) in [5.74, 6) is -0.0921. The third kappa shape index (κ3) is 1.69. The molecule has 0 unspecified atom stereocenters. The first-order valence-corrected chi connectivity index (χ1v) is 5.14. The first-order chi connectivity index (χ1) is 4.74. The van der Waals surface area contributed by atoms with Crippen molar-refractivity contribution in [2.75, 3.05) is 7.05 Å². The predicted molar refractivity (Wildman–Crippen MR) is 42.3 cm³/mol. The average Bonchev–Trinajstić information content (AvgIpc) is 2.34. The minimum absolute atomic E-state index is 0.0921. The van der Waals surface area contributed by atoms with Crippen molar-refractivity contribution in [3.63, 3.8) is 0 Å².